The zero-order valence-electron chi connectivity index (χ0n) is 28.9. The van der Waals surface area contributed by atoms with E-state index in [1.165, 1.54) is 4.90 Å². The summed E-state index contributed by atoms with van der Waals surface area (Å²) in [6.45, 7) is 5.86. The zero-order chi connectivity index (χ0) is 36.5. The van der Waals surface area contributed by atoms with Crippen molar-refractivity contribution < 1.29 is 43.9 Å². The Bertz CT molecular complexity index is 2040. The fraction of sp³-hybridized carbons (Fsp3) is 0.308. The lowest BCUT2D eigenvalue weighted by atomic mass is 9.91. The zero-order valence-corrected chi connectivity index (χ0v) is 28.9. The van der Waals surface area contributed by atoms with Gasteiger partial charge in [0.05, 0.1) is 24.3 Å². The Morgan fingerprint density at radius 1 is 0.882 bits per heavy atom. The average Bonchev–Trinajstić information content (AvgIpc) is 3.09. The Hall–Kier alpha value is -5.43. The number of hydrogen-bond donors (Lipinski definition) is 5. The summed E-state index contributed by atoms with van der Waals surface area (Å²) in [7, 11) is 0. The number of carbonyl (C=O) groups is 2. The molecular formula is C39H43N3O9. The number of aliphatic hydroxyl groups excluding tert-OH is 2. The predicted molar refractivity (Wildman–Crippen MR) is 194 cm³/mol. The minimum Gasteiger partial charge on any atom is -0.490 e. The summed E-state index contributed by atoms with van der Waals surface area (Å²) in [5.74, 6) is -0.810. The van der Waals surface area contributed by atoms with Gasteiger partial charge in [0, 0.05) is 47.8 Å². The maximum Gasteiger partial charge on any atom is 0.325 e. The number of ether oxygens (including phenoxy) is 2. The minimum absolute atomic E-state index is 0.0157. The lowest BCUT2D eigenvalue weighted by molar-refractivity contribution is -0.140. The molecule has 268 valence electrons. The average molecular weight is 698 g/mol. The number of aryl methyl sites for hydroxylation is 2. The Balaban J connectivity index is 1.54. The van der Waals surface area contributed by atoms with E-state index in [2.05, 4.69) is 10.3 Å². The molecule has 0 amide bonds. The summed E-state index contributed by atoms with van der Waals surface area (Å²) in [5, 5.41) is 43.2. The van der Waals surface area contributed by atoms with Gasteiger partial charge >= 0.3 is 11.9 Å². The van der Waals surface area contributed by atoms with E-state index in [-0.39, 0.29) is 46.1 Å². The van der Waals surface area contributed by atoms with Crippen LogP contribution in [0.1, 0.15) is 29.7 Å². The molecule has 0 radical (unpaired) electrons. The Morgan fingerprint density at radius 3 is 2.33 bits per heavy atom. The van der Waals surface area contributed by atoms with Gasteiger partial charge in [-0.3, -0.25) is 19.9 Å². The van der Waals surface area contributed by atoms with Gasteiger partial charge < -0.3 is 39.2 Å². The van der Waals surface area contributed by atoms with E-state index < -0.39 is 18.0 Å². The van der Waals surface area contributed by atoms with Gasteiger partial charge in [-0.25, -0.2) is 0 Å². The molecule has 3 aromatic carbocycles. The lowest BCUT2D eigenvalue weighted by Gasteiger charge is -2.25. The molecule has 0 saturated heterocycles. The van der Waals surface area contributed by atoms with Crippen LogP contribution in [0.25, 0.3) is 33.4 Å². The summed E-state index contributed by atoms with van der Waals surface area (Å²) in [6, 6.07) is 21.4. The van der Waals surface area contributed by atoms with E-state index in [9.17, 15) is 30.0 Å². The number of aliphatic hydroxyl groups is 2. The molecule has 5 N–H and O–H groups in total. The van der Waals surface area contributed by atoms with Gasteiger partial charge in [-0.05, 0) is 73.9 Å². The molecule has 0 fully saturated rings. The number of nitrogens with zero attached hydrogens (tertiary/aromatic N) is 2. The third-order valence-electron chi connectivity index (χ3n) is 8.27. The Labute approximate surface area is 295 Å². The normalized spacial score (nSPS) is 12.3. The fourth-order valence-corrected chi connectivity index (χ4v) is 6.04. The number of nitrogens with one attached hydrogen (secondary N) is 1. The molecule has 0 aromatic heterocycles. The molecule has 1 heterocycles. The Kier molecular flexibility index (Phi) is 12.3. The van der Waals surface area contributed by atoms with Gasteiger partial charge in [0.15, 0.2) is 0 Å². The second kappa shape index (κ2) is 17.0. The van der Waals surface area contributed by atoms with Crippen LogP contribution in [0.4, 0.5) is 5.69 Å². The largest absolute Gasteiger partial charge is 0.490 e. The molecule has 5 rings (SSSR count). The van der Waals surface area contributed by atoms with Gasteiger partial charge in [-0.15, -0.1) is 0 Å². The smallest absolute Gasteiger partial charge is 0.325 e. The number of carboxylic acids is 2. The molecule has 0 bridgehead atoms. The van der Waals surface area contributed by atoms with Crippen molar-refractivity contribution in [3.05, 3.63) is 94.8 Å². The molecule has 51 heavy (non-hydrogen) atoms. The maximum absolute atomic E-state index is 12.4. The van der Waals surface area contributed by atoms with Crippen molar-refractivity contribution >= 4 is 28.6 Å². The van der Waals surface area contributed by atoms with Crippen molar-refractivity contribution in [1.29, 1.82) is 0 Å². The van der Waals surface area contributed by atoms with Crippen molar-refractivity contribution in [3.8, 4) is 33.9 Å². The van der Waals surface area contributed by atoms with Crippen molar-refractivity contribution in [2.24, 2.45) is 4.99 Å². The van der Waals surface area contributed by atoms with E-state index in [0.717, 1.165) is 38.6 Å². The first-order valence-electron chi connectivity index (χ1n) is 16.8. The molecule has 0 spiro atoms. The molecule has 12 nitrogen and oxygen atoms in total. The molecule has 2 aliphatic rings. The Morgan fingerprint density at radius 2 is 1.63 bits per heavy atom. The highest BCUT2D eigenvalue weighted by Crippen LogP contribution is 2.42. The van der Waals surface area contributed by atoms with E-state index in [1.54, 1.807) is 24.3 Å². The quantitative estimate of drug-likeness (QED) is 0.0668. The molecule has 1 aliphatic carbocycles. The second-order valence-electron chi connectivity index (χ2n) is 12.0. The van der Waals surface area contributed by atoms with Crippen LogP contribution in [0.3, 0.4) is 0 Å². The molecule has 0 saturated carbocycles. The van der Waals surface area contributed by atoms with Crippen LogP contribution in [0, 0.1) is 13.8 Å². The van der Waals surface area contributed by atoms with Gasteiger partial charge in [0.25, 0.3) is 0 Å². The topological polar surface area (TPSA) is 174 Å². The minimum atomic E-state index is -1.17. The highest BCUT2D eigenvalue weighted by atomic mass is 16.5. The first-order valence-corrected chi connectivity index (χ1v) is 16.8. The van der Waals surface area contributed by atoms with E-state index in [4.69, 9.17) is 13.9 Å². The predicted octanol–water partition coefficient (Wildman–Crippen LogP) is 4.79. The molecule has 1 unspecified atom stereocenters. The van der Waals surface area contributed by atoms with Crippen LogP contribution in [-0.2, 0) is 9.59 Å². The monoisotopic (exact) mass is 697 g/mol. The number of aliphatic carboxylic acids is 2. The van der Waals surface area contributed by atoms with Crippen molar-refractivity contribution in [3.63, 3.8) is 0 Å². The van der Waals surface area contributed by atoms with Gasteiger partial charge in [0.1, 0.15) is 48.6 Å². The standard InChI is InChI=1S/C39H43N3O9/c1-4-40-27-8-11-29-34(22-27)51-33-19-24(2)5-9-28(33)37(29)26-7-10-30(38(39(47)48)41-13-15-43)32(21-26)49-17-18-50-35-20-25(3)6-12-31(35)42(14-16-44)23-36(45)46/h5-12,19-22,38,41,43-44H,4,13-18,23H2,1-3H3,(H,45,46)(H,47,48)/b40-27-. The summed E-state index contributed by atoms with van der Waals surface area (Å²) in [4.78, 5) is 30.0. The number of hydrogen-bond acceptors (Lipinski definition) is 10. The highest BCUT2D eigenvalue weighted by Gasteiger charge is 2.25. The first-order chi connectivity index (χ1) is 24.6. The van der Waals surface area contributed by atoms with E-state index in [1.807, 2.05) is 69.3 Å². The van der Waals surface area contributed by atoms with Crippen LogP contribution >= 0.6 is 0 Å². The van der Waals surface area contributed by atoms with Crippen molar-refractivity contribution in [2.45, 2.75) is 26.8 Å². The van der Waals surface area contributed by atoms with Crippen LogP contribution in [0.2, 0.25) is 0 Å². The lowest BCUT2D eigenvalue weighted by Crippen LogP contribution is -2.32. The number of carboxylic acid groups (broad SMARTS) is 2. The maximum atomic E-state index is 12.4. The van der Waals surface area contributed by atoms with Crippen LogP contribution in [0.15, 0.2) is 82.2 Å². The number of rotatable bonds is 17. The summed E-state index contributed by atoms with van der Waals surface area (Å²) in [6.07, 6.45) is 0. The van der Waals surface area contributed by atoms with E-state index >= 15 is 0 Å². The van der Waals surface area contributed by atoms with E-state index in [0.29, 0.717) is 40.6 Å². The summed E-state index contributed by atoms with van der Waals surface area (Å²) in [5.41, 5.74) is 5.97. The van der Waals surface area contributed by atoms with Crippen LogP contribution in [-0.4, -0.2) is 85.0 Å². The third kappa shape index (κ3) is 8.84. The van der Waals surface area contributed by atoms with Gasteiger partial charge in [0.2, 0.25) is 0 Å². The fourth-order valence-electron chi connectivity index (χ4n) is 6.04. The molecule has 1 atom stereocenters. The first kappa shape index (κ1) is 36.8. The number of anilines is 1. The van der Waals surface area contributed by atoms with Crippen LogP contribution in [0.5, 0.6) is 11.5 Å². The summed E-state index contributed by atoms with van der Waals surface area (Å²) >= 11 is 0. The van der Waals surface area contributed by atoms with Crippen LogP contribution < -0.4 is 25.0 Å². The molecule has 12 heteroatoms. The van der Waals surface area contributed by atoms with Gasteiger partial charge in [-0.1, -0.05) is 30.3 Å². The number of fused-ring (bicyclic) bond motifs is 2. The number of benzene rings is 4. The highest BCUT2D eigenvalue weighted by molar-refractivity contribution is 6.02. The van der Waals surface area contributed by atoms with Crippen molar-refractivity contribution in [1.82, 2.24) is 5.32 Å². The molecule has 1 aliphatic heterocycles. The molecular weight excluding hydrogens is 654 g/mol. The molecule has 3 aromatic rings. The summed E-state index contributed by atoms with van der Waals surface area (Å²) < 4.78 is 18.8. The van der Waals surface area contributed by atoms with Crippen molar-refractivity contribution in [2.75, 3.05) is 57.5 Å². The van der Waals surface area contributed by atoms with Gasteiger partial charge in [-0.2, -0.15) is 0 Å². The SMILES string of the molecule is CC/N=c1/ccc2c(-c3ccc(C(NCCO)C(=O)O)c(OCCOc4cc(C)ccc4N(CCO)CC(=O)O)c3)c3ccc(C)cc3oc-2c1. The third-order valence-corrected chi connectivity index (χ3v) is 8.27. The second-order valence-corrected chi connectivity index (χ2v) is 12.0.